The van der Waals surface area contributed by atoms with Gasteiger partial charge in [0.1, 0.15) is 0 Å². The monoisotopic (exact) mass is 308 g/mol. The molecule has 0 heterocycles. The molecule has 0 aliphatic rings. The van der Waals surface area contributed by atoms with E-state index in [0.29, 0.717) is 12.0 Å². The molecule has 1 N–H and O–H groups in total. The van der Waals surface area contributed by atoms with Crippen molar-refractivity contribution < 1.29 is 24.2 Å². The van der Waals surface area contributed by atoms with Crippen LogP contribution in [-0.4, -0.2) is 23.0 Å². The van der Waals surface area contributed by atoms with Crippen molar-refractivity contribution in [1.29, 1.82) is 0 Å². The Morgan fingerprint density at radius 2 is 1.77 bits per heavy atom. The first-order chi connectivity index (χ1) is 10.2. The first kappa shape index (κ1) is 19.8. The van der Waals surface area contributed by atoms with E-state index < -0.39 is 23.8 Å². The standard InChI is InChI=1S/C17H24O5/c1-6-8-9-14(10-12(4)15(18)19)13(5)17(21)22-16(20)11(3)7-2/h7,10,14H,5-6,8-9H2,1-4H3,(H,18,19). The Hall–Kier alpha value is -2.17. The Labute approximate surface area is 131 Å². The summed E-state index contributed by atoms with van der Waals surface area (Å²) >= 11 is 0. The van der Waals surface area contributed by atoms with Crippen molar-refractivity contribution in [1.82, 2.24) is 0 Å². The number of allylic oxidation sites excluding steroid dienone is 2. The van der Waals surface area contributed by atoms with Gasteiger partial charge in [-0.15, -0.1) is 0 Å². The summed E-state index contributed by atoms with van der Waals surface area (Å²) < 4.78 is 4.75. The summed E-state index contributed by atoms with van der Waals surface area (Å²) in [7, 11) is 0. The number of carbonyl (C=O) groups excluding carboxylic acids is 2. The molecule has 122 valence electrons. The third kappa shape index (κ3) is 6.52. The second kappa shape index (κ2) is 9.71. The zero-order valence-corrected chi connectivity index (χ0v) is 13.6. The van der Waals surface area contributed by atoms with Crippen LogP contribution >= 0.6 is 0 Å². The highest BCUT2D eigenvalue weighted by molar-refractivity contribution is 6.01. The molecule has 0 rings (SSSR count). The summed E-state index contributed by atoms with van der Waals surface area (Å²) in [6.45, 7) is 10.3. The van der Waals surface area contributed by atoms with E-state index in [-0.39, 0.29) is 11.1 Å². The van der Waals surface area contributed by atoms with Crippen molar-refractivity contribution in [3.8, 4) is 0 Å². The summed E-state index contributed by atoms with van der Waals surface area (Å²) in [5.41, 5.74) is 0.542. The summed E-state index contributed by atoms with van der Waals surface area (Å²) in [5.74, 6) is -3.05. The average Bonchev–Trinajstić information content (AvgIpc) is 2.48. The molecular weight excluding hydrogens is 284 g/mol. The smallest absolute Gasteiger partial charge is 0.341 e. The van der Waals surface area contributed by atoms with Crippen LogP contribution in [0.3, 0.4) is 0 Å². The number of hydrogen-bond donors (Lipinski definition) is 1. The van der Waals surface area contributed by atoms with Gasteiger partial charge in [-0.1, -0.05) is 38.5 Å². The quantitative estimate of drug-likeness (QED) is 0.422. The number of carbonyl (C=O) groups is 3. The molecule has 0 amide bonds. The lowest BCUT2D eigenvalue weighted by Gasteiger charge is -2.15. The van der Waals surface area contributed by atoms with E-state index in [0.717, 1.165) is 12.8 Å². The van der Waals surface area contributed by atoms with E-state index in [9.17, 15) is 14.4 Å². The highest BCUT2D eigenvalue weighted by atomic mass is 16.6. The molecular formula is C17H24O5. The predicted octanol–water partition coefficient (Wildman–Crippen LogP) is 3.42. The van der Waals surface area contributed by atoms with Crippen LogP contribution < -0.4 is 0 Å². The van der Waals surface area contributed by atoms with Gasteiger partial charge in [0.05, 0.1) is 0 Å². The molecule has 0 fully saturated rings. The van der Waals surface area contributed by atoms with Crippen molar-refractivity contribution in [2.75, 3.05) is 0 Å². The van der Waals surface area contributed by atoms with Crippen LogP contribution in [0.1, 0.15) is 47.0 Å². The van der Waals surface area contributed by atoms with Gasteiger partial charge in [-0.25, -0.2) is 14.4 Å². The molecule has 5 nitrogen and oxygen atoms in total. The average molecular weight is 308 g/mol. The van der Waals surface area contributed by atoms with Gasteiger partial charge in [0, 0.05) is 22.6 Å². The molecule has 0 bridgehead atoms. The van der Waals surface area contributed by atoms with E-state index >= 15 is 0 Å². The number of ether oxygens (including phenoxy) is 1. The van der Waals surface area contributed by atoms with E-state index in [2.05, 4.69) is 6.58 Å². The highest BCUT2D eigenvalue weighted by Gasteiger charge is 2.22. The maximum atomic E-state index is 12.0. The van der Waals surface area contributed by atoms with E-state index in [1.54, 1.807) is 19.9 Å². The lowest BCUT2D eigenvalue weighted by molar-refractivity contribution is -0.154. The number of hydrogen-bond acceptors (Lipinski definition) is 4. The highest BCUT2D eigenvalue weighted by Crippen LogP contribution is 2.22. The van der Waals surface area contributed by atoms with Gasteiger partial charge < -0.3 is 9.84 Å². The molecule has 0 saturated carbocycles. The van der Waals surface area contributed by atoms with Gasteiger partial charge in [-0.3, -0.25) is 0 Å². The summed E-state index contributed by atoms with van der Waals surface area (Å²) in [6, 6.07) is 0. The van der Waals surface area contributed by atoms with Crippen molar-refractivity contribution in [3.63, 3.8) is 0 Å². The Morgan fingerprint density at radius 1 is 1.18 bits per heavy atom. The van der Waals surface area contributed by atoms with Crippen LogP contribution in [0.15, 0.2) is 35.5 Å². The molecule has 0 spiro atoms. The third-order valence-electron chi connectivity index (χ3n) is 3.31. The van der Waals surface area contributed by atoms with E-state index in [4.69, 9.17) is 9.84 Å². The zero-order valence-electron chi connectivity index (χ0n) is 13.6. The molecule has 1 unspecified atom stereocenters. The number of carboxylic acids is 1. The minimum absolute atomic E-state index is 0.0892. The number of carboxylic acid groups (broad SMARTS) is 1. The molecule has 1 atom stereocenters. The molecule has 0 aromatic heterocycles. The topological polar surface area (TPSA) is 80.7 Å². The maximum absolute atomic E-state index is 12.0. The van der Waals surface area contributed by atoms with E-state index in [1.165, 1.54) is 13.0 Å². The molecule has 0 saturated heterocycles. The second-order valence-corrected chi connectivity index (χ2v) is 5.08. The van der Waals surface area contributed by atoms with Gasteiger partial charge in [-0.05, 0) is 27.2 Å². The SMILES string of the molecule is C=C(C(=O)OC(=O)C(C)=CC)C(C=C(C)C(=O)O)CCCC. The summed E-state index contributed by atoms with van der Waals surface area (Å²) in [5, 5.41) is 8.95. The van der Waals surface area contributed by atoms with Gasteiger partial charge in [0.2, 0.25) is 0 Å². The molecule has 0 aromatic rings. The first-order valence-electron chi connectivity index (χ1n) is 7.24. The zero-order chi connectivity index (χ0) is 17.3. The molecule has 0 radical (unpaired) electrons. The summed E-state index contributed by atoms with van der Waals surface area (Å²) in [4.78, 5) is 34.5. The Balaban J connectivity index is 5.11. The number of aliphatic carboxylic acids is 1. The number of esters is 2. The van der Waals surface area contributed by atoms with Crippen molar-refractivity contribution in [3.05, 3.63) is 35.5 Å². The van der Waals surface area contributed by atoms with Crippen LogP contribution in [0.25, 0.3) is 0 Å². The van der Waals surface area contributed by atoms with Gasteiger partial charge in [-0.2, -0.15) is 0 Å². The predicted molar refractivity (Wildman–Crippen MR) is 84.1 cm³/mol. The lowest BCUT2D eigenvalue weighted by Crippen LogP contribution is -2.19. The minimum Gasteiger partial charge on any atom is -0.478 e. The van der Waals surface area contributed by atoms with Crippen LogP contribution in [0, 0.1) is 5.92 Å². The summed E-state index contributed by atoms with van der Waals surface area (Å²) in [6.07, 6.45) is 5.31. The van der Waals surface area contributed by atoms with Gasteiger partial charge in [0.25, 0.3) is 0 Å². The number of unbranched alkanes of at least 4 members (excludes halogenated alkanes) is 1. The molecule has 0 aromatic carbocycles. The Bertz CT molecular complexity index is 511. The molecule has 5 heteroatoms. The van der Waals surface area contributed by atoms with E-state index in [1.807, 2.05) is 6.92 Å². The fourth-order valence-electron chi connectivity index (χ4n) is 1.65. The Kier molecular flexibility index (Phi) is 8.75. The first-order valence-corrected chi connectivity index (χ1v) is 7.24. The maximum Gasteiger partial charge on any atom is 0.341 e. The van der Waals surface area contributed by atoms with Crippen LogP contribution in [-0.2, 0) is 19.1 Å². The van der Waals surface area contributed by atoms with Crippen LogP contribution in [0.5, 0.6) is 0 Å². The largest absolute Gasteiger partial charge is 0.478 e. The van der Waals surface area contributed by atoms with Crippen molar-refractivity contribution in [2.45, 2.75) is 47.0 Å². The second-order valence-electron chi connectivity index (χ2n) is 5.08. The Morgan fingerprint density at radius 3 is 2.23 bits per heavy atom. The minimum atomic E-state index is -1.05. The van der Waals surface area contributed by atoms with Crippen molar-refractivity contribution >= 4 is 17.9 Å². The third-order valence-corrected chi connectivity index (χ3v) is 3.31. The fraction of sp³-hybridized carbons (Fsp3) is 0.471. The molecule has 0 aliphatic carbocycles. The van der Waals surface area contributed by atoms with Gasteiger partial charge in [0.15, 0.2) is 0 Å². The van der Waals surface area contributed by atoms with Crippen LogP contribution in [0.2, 0.25) is 0 Å². The van der Waals surface area contributed by atoms with Crippen molar-refractivity contribution in [2.24, 2.45) is 5.92 Å². The molecule has 22 heavy (non-hydrogen) atoms. The van der Waals surface area contributed by atoms with Gasteiger partial charge >= 0.3 is 17.9 Å². The number of rotatable bonds is 8. The lowest BCUT2D eigenvalue weighted by atomic mass is 9.92. The molecule has 0 aliphatic heterocycles. The van der Waals surface area contributed by atoms with Crippen LogP contribution in [0.4, 0.5) is 0 Å². The fourth-order valence-corrected chi connectivity index (χ4v) is 1.65. The normalized spacial score (nSPS) is 13.5.